The Kier molecular flexibility index (Phi) is 5.76. The summed E-state index contributed by atoms with van der Waals surface area (Å²) in [6, 6.07) is 1.01. The van der Waals surface area contributed by atoms with E-state index >= 15 is 0 Å². The van der Waals surface area contributed by atoms with Gasteiger partial charge in [0.05, 0.1) is 13.1 Å². The Hall–Kier alpha value is -2.70. The highest BCUT2D eigenvalue weighted by Crippen LogP contribution is 2.43. The molecule has 5 nitrogen and oxygen atoms in total. The van der Waals surface area contributed by atoms with E-state index in [9.17, 15) is 39.9 Å². The predicted molar refractivity (Wildman–Crippen MR) is 85.6 cm³/mol. The zero-order valence-corrected chi connectivity index (χ0v) is 15.0. The molecule has 1 aromatic heterocycles. The van der Waals surface area contributed by atoms with Crippen LogP contribution in [-0.4, -0.2) is 39.6 Å². The third kappa shape index (κ3) is 4.25. The lowest BCUT2D eigenvalue weighted by molar-refractivity contribution is -0.290. The highest BCUT2D eigenvalue weighted by atomic mass is 19.4. The van der Waals surface area contributed by atoms with Crippen molar-refractivity contribution in [3.63, 3.8) is 0 Å². The van der Waals surface area contributed by atoms with Gasteiger partial charge in [0.1, 0.15) is 17.3 Å². The van der Waals surface area contributed by atoms with Gasteiger partial charge in [-0.2, -0.15) is 22.0 Å². The summed E-state index contributed by atoms with van der Waals surface area (Å²) in [4.78, 5) is 16.7. The number of halogens is 8. The van der Waals surface area contributed by atoms with Gasteiger partial charge >= 0.3 is 12.1 Å². The van der Waals surface area contributed by atoms with E-state index in [2.05, 4.69) is 10.3 Å². The van der Waals surface area contributed by atoms with Crippen LogP contribution in [0.2, 0.25) is 0 Å². The molecule has 164 valence electrons. The first kappa shape index (κ1) is 22.0. The number of nitrogens with one attached hydrogen (secondary N) is 1. The van der Waals surface area contributed by atoms with E-state index in [1.165, 1.54) is 4.90 Å². The minimum Gasteiger partial charge on any atom is -0.332 e. The van der Waals surface area contributed by atoms with E-state index < -0.39 is 41.2 Å². The van der Waals surface area contributed by atoms with Gasteiger partial charge in [0, 0.05) is 37.5 Å². The number of hydrogen-bond donors (Lipinski definition) is 1. The molecular formula is C17H14F8N4O. The molecule has 0 saturated heterocycles. The number of carbonyl (C=O) groups is 1. The molecule has 0 radical (unpaired) electrons. The monoisotopic (exact) mass is 442 g/mol. The fourth-order valence-corrected chi connectivity index (χ4v) is 2.88. The molecule has 13 heteroatoms. The number of amides is 1. The average Bonchev–Trinajstić information content (AvgIpc) is 3.08. The summed E-state index contributed by atoms with van der Waals surface area (Å²) < 4.78 is 105. The van der Waals surface area contributed by atoms with E-state index in [4.69, 9.17) is 0 Å². The van der Waals surface area contributed by atoms with Crippen LogP contribution in [0.15, 0.2) is 18.3 Å². The largest absolute Gasteiger partial charge is 0.459 e. The van der Waals surface area contributed by atoms with E-state index in [-0.39, 0.29) is 44.1 Å². The fraction of sp³-hybridized carbons (Fsp3) is 0.412. The summed E-state index contributed by atoms with van der Waals surface area (Å²) >= 11 is 0. The van der Waals surface area contributed by atoms with Gasteiger partial charge in [-0.05, 0) is 6.07 Å². The topological polar surface area (TPSA) is 50.2 Å². The summed E-state index contributed by atoms with van der Waals surface area (Å²) in [5.41, 5.74) is -1.67. The Morgan fingerprint density at radius 3 is 2.37 bits per heavy atom. The number of imidazole rings is 1. The second-order valence-corrected chi connectivity index (χ2v) is 6.58. The normalized spacial score (nSPS) is 14.7. The van der Waals surface area contributed by atoms with Gasteiger partial charge in [-0.3, -0.25) is 4.79 Å². The molecule has 0 aliphatic carbocycles. The third-order valence-electron chi connectivity index (χ3n) is 4.51. The molecule has 3 rings (SSSR count). The van der Waals surface area contributed by atoms with Crippen molar-refractivity contribution in [1.29, 1.82) is 0 Å². The second-order valence-electron chi connectivity index (χ2n) is 6.58. The zero-order valence-electron chi connectivity index (χ0n) is 15.0. The van der Waals surface area contributed by atoms with Crippen molar-refractivity contribution in [1.82, 2.24) is 19.8 Å². The van der Waals surface area contributed by atoms with Crippen LogP contribution in [0.5, 0.6) is 0 Å². The summed E-state index contributed by atoms with van der Waals surface area (Å²) in [5.74, 6) is -9.44. The van der Waals surface area contributed by atoms with Gasteiger partial charge in [-0.25, -0.2) is 18.2 Å². The molecule has 1 aliphatic rings. The predicted octanol–water partition coefficient (Wildman–Crippen LogP) is 3.09. The van der Waals surface area contributed by atoms with Crippen molar-refractivity contribution < 1.29 is 39.9 Å². The number of benzene rings is 1. The lowest BCUT2D eigenvalue weighted by Gasteiger charge is -2.27. The summed E-state index contributed by atoms with van der Waals surface area (Å²) in [6.45, 7) is -0.960. The number of carbonyl (C=O) groups excluding carboxylic acids is 1. The average molecular weight is 442 g/mol. The second kappa shape index (κ2) is 7.85. The molecule has 0 bridgehead atoms. The Morgan fingerprint density at radius 1 is 1.03 bits per heavy atom. The van der Waals surface area contributed by atoms with Crippen LogP contribution < -0.4 is 5.32 Å². The zero-order chi connectivity index (χ0) is 22.3. The van der Waals surface area contributed by atoms with Crippen molar-refractivity contribution >= 4 is 5.91 Å². The van der Waals surface area contributed by atoms with Crippen LogP contribution in [0.25, 0.3) is 0 Å². The molecule has 0 spiro atoms. The lowest BCUT2D eigenvalue weighted by Crippen LogP contribution is -2.42. The summed E-state index contributed by atoms with van der Waals surface area (Å²) in [6.07, 6.45) is -5.19. The van der Waals surface area contributed by atoms with Gasteiger partial charge in [0.15, 0.2) is 11.6 Å². The van der Waals surface area contributed by atoms with Gasteiger partial charge in [-0.1, -0.05) is 0 Å². The van der Waals surface area contributed by atoms with Gasteiger partial charge in [-0.15, -0.1) is 0 Å². The molecule has 0 unspecified atom stereocenters. The SMILES string of the molecule is O=C(CNCc1cc(F)c(F)cc1F)N1CCn2cc(C(F)(F)C(F)(F)F)nc2C1. The number of alkyl halides is 5. The smallest absolute Gasteiger partial charge is 0.332 e. The first-order valence-corrected chi connectivity index (χ1v) is 8.53. The van der Waals surface area contributed by atoms with Crippen molar-refractivity contribution in [2.75, 3.05) is 13.1 Å². The van der Waals surface area contributed by atoms with Crippen molar-refractivity contribution in [2.45, 2.75) is 31.7 Å². The van der Waals surface area contributed by atoms with E-state index in [1.54, 1.807) is 0 Å². The van der Waals surface area contributed by atoms with Crippen LogP contribution in [0.3, 0.4) is 0 Å². The molecule has 0 saturated carbocycles. The number of nitrogens with zero attached hydrogens (tertiary/aromatic N) is 3. The molecule has 0 atom stereocenters. The first-order chi connectivity index (χ1) is 13.9. The Labute approximate surface area is 164 Å². The van der Waals surface area contributed by atoms with Crippen molar-refractivity contribution in [2.24, 2.45) is 0 Å². The fourth-order valence-electron chi connectivity index (χ4n) is 2.88. The summed E-state index contributed by atoms with van der Waals surface area (Å²) in [7, 11) is 0. The minimum absolute atomic E-state index is 0.0282. The number of hydrogen-bond acceptors (Lipinski definition) is 3. The van der Waals surface area contributed by atoms with Crippen LogP contribution in [0, 0.1) is 17.5 Å². The number of aromatic nitrogens is 2. The van der Waals surface area contributed by atoms with Gasteiger partial charge < -0.3 is 14.8 Å². The van der Waals surface area contributed by atoms with Crippen LogP contribution in [-0.2, 0) is 30.4 Å². The molecule has 1 aromatic carbocycles. The molecule has 30 heavy (non-hydrogen) atoms. The van der Waals surface area contributed by atoms with Gasteiger partial charge in [0.25, 0.3) is 0 Å². The highest BCUT2D eigenvalue weighted by molar-refractivity contribution is 5.78. The molecule has 1 N–H and O–H groups in total. The molecule has 0 fully saturated rings. The first-order valence-electron chi connectivity index (χ1n) is 8.53. The quantitative estimate of drug-likeness (QED) is 0.572. The van der Waals surface area contributed by atoms with E-state index in [1.807, 2.05) is 0 Å². The Morgan fingerprint density at radius 2 is 1.70 bits per heavy atom. The number of rotatable bonds is 5. The molecule has 2 heterocycles. The number of fused-ring (bicyclic) bond motifs is 1. The molecular weight excluding hydrogens is 428 g/mol. The van der Waals surface area contributed by atoms with Crippen LogP contribution in [0.1, 0.15) is 17.1 Å². The van der Waals surface area contributed by atoms with Crippen LogP contribution >= 0.6 is 0 Å². The van der Waals surface area contributed by atoms with E-state index in [0.717, 1.165) is 4.57 Å². The summed E-state index contributed by atoms with van der Waals surface area (Å²) in [5, 5.41) is 2.54. The van der Waals surface area contributed by atoms with Crippen molar-refractivity contribution in [3.05, 3.63) is 52.9 Å². The van der Waals surface area contributed by atoms with Gasteiger partial charge in [0.2, 0.25) is 5.91 Å². The highest BCUT2D eigenvalue weighted by Gasteiger charge is 2.60. The maximum atomic E-state index is 13.6. The molecule has 2 aromatic rings. The maximum Gasteiger partial charge on any atom is 0.459 e. The lowest BCUT2D eigenvalue weighted by atomic mass is 10.2. The van der Waals surface area contributed by atoms with Crippen molar-refractivity contribution in [3.8, 4) is 0 Å². The van der Waals surface area contributed by atoms with E-state index in [0.29, 0.717) is 18.3 Å². The Balaban J connectivity index is 1.60. The molecule has 1 amide bonds. The van der Waals surface area contributed by atoms with Crippen LogP contribution in [0.4, 0.5) is 35.1 Å². The Bertz CT molecular complexity index is 956. The third-order valence-corrected chi connectivity index (χ3v) is 4.51. The molecule has 1 aliphatic heterocycles. The maximum absolute atomic E-state index is 13.6. The standard InChI is InChI=1S/C17H14F8N4O/c18-10-4-12(20)11(19)3-9(10)5-26-6-15(30)29-2-1-28-7-13(27-14(28)8-29)16(21,22)17(23,24)25/h3-4,7,26H,1-2,5-6,8H2. The minimum atomic E-state index is -5.80.